The van der Waals surface area contributed by atoms with Crippen molar-refractivity contribution in [3.63, 3.8) is 0 Å². The molecule has 0 bridgehead atoms. The first kappa shape index (κ1) is 19.3. The fourth-order valence-corrected chi connectivity index (χ4v) is 4.29. The molecule has 0 saturated heterocycles. The van der Waals surface area contributed by atoms with E-state index in [0.717, 1.165) is 49.0 Å². The van der Waals surface area contributed by atoms with Gasteiger partial charge in [0, 0.05) is 17.8 Å². The van der Waals surface area contributed by atoms with Crippen molar-refractivity contribution in [1.29, 1.82) is 0 Å². The molecule has 146 valence electrons. The zero-order chi connectivity index (χ0) is 19.6. The minimum absolute atomic E-state index is 0.119. The van der Waals surface area contributed by atoms with Gasteiger partial charge in [0.05, 0.1) is 5.56 Å². The van der Waals surface area contributed by atoms with Crippen molar-refractivity contribution < 1.29 is 23.9 Å². The maximum atomic E-state index is 12.7. The van der Waals surface area contributed by atoms with E-state index in [1.807, 2.05) is 0 Å². The van der Waals surface area contributed by atoms with Crippen LogP contribution in [0.25, 0.3) is 0 Å². The van der Waals surface area contributed by atoms with E-state index in [1.54, 1.807) is 0 Å². The van der Waals surface area contributed by atoms with Crippen molar-refractivity contribution in [2.24, 2.45) is 0 Å². The SMILES string of the molecule is CC(=O)Nc1sc2c(c1C(=O)OC(C)C(=O)NC(=O)NC1CC1)CCCC2. The quantitative estimate of drug-likeness (QED) is 0.663. The number of rotatable bonds is 5. The minimum atomic E-state index is -1.13. The number of urea groups is 1. The maximum absolute atomic E-state index is 12.7. The molecule has 1 aromatic rings. The predicted molar refractivity (Wildman–Crippen MR) is 99.8 cm³/mol. The smallest absolute Gasteiger partial charge is 0.342 e. The van der Waals surface area contributed by atoms with E-state index in [2.05, 4.69) is 16.0 Å². The van der Waals surface area contributed by atoms with E-state index in [9.17, 15) is 19.2 Å². The molecule has 0 radical (unpaired) electrons. The summed E-state index contributed by atoms with van der Waals surface area (Å²) in [5.41, 5.74) is 1.21. The maximum Gasteiger partial charge on any atom is 0.342 e. The molecule has 9 heteroatoms. The highest BCUT2D eigenvalue weighted by atomic mass is 32.1. The van der Waals surface area contributed by atoms with Crippen molar-refractivity contribution in [3.8, 4) is 0 Å². The Morgan fingerprint density at radius 2 is 1.85 bits per heavy atom. The zero-order valence-corrected chi connectivity index (χ0v) is 16.2. The molecule has 3 rings (SSSR count). The lowest BCUT2D eigenvalue weighted by Gasteiger charge is -2.16. The fourth-order valence-electron chi connectivity index (χ4n) is 2.97. The van der Waals surface area contributed by atoms with E-state index in [-0.39, 0.29) is 11.9 Å². The van der Waals surface area contributed by atoms with E-state index in [1.165, 1.54) is 25.2 Å². The van der Waals surface area contributed by atoms with Gasteiger partial charge in [-0.2, -0.15) is 0 Å². The van der Waals surface area contributed by atoms with E-state index in [0.29, 0.717) is 10.6 Å². The Hall–Kier alpha value is -2.42. The molecule has 1 heterocycles. The van der Waals surface area contributed by atoms with Crippen LogP contribution in [0.4, 0.5) is 9.80 Å². The summed E-state index contributed by atoms with van der Waals surface area (Å²) in [5, 5.41) is 7.96. The normalized spacial score (nSPS) is 16.7. The van der Waals surface area contributed by atoms with Gasteiger partial charge in [0.2, 0.25) is 5.91 Å². The Kier molecular flexibility index (Phi) is 5.79. The van der Waals surface area contributed by atoms with Gasteiger partial charge in [0.15, 0.2) is 6.10 Å². The topological polar surface area (TPSA) is 114 Å². The van der Waals surface area contributed by atoms with Crippen LogP contribution >= 0.6 is 11.3 Å². The number of carbonyl (C=O) groups excluding carboxylic acids is 4. The van der Waals surface area contributed by atoms with E-state index in [4.69, 9.17) is 4.74 Å². The van der Waals surface area contributed by atoms with Gasteiger partial charge in [0.25, 0.3) is 5.91 Å². The molecule has 3 N–H and O–H groups in total. The molecular formula is C18H23N3O5S. The number of carbonyl (C=O) groups is 4. The third-order valence-electron chi connectivity index (χ3n) is 4.47. The fraction of sp³-hybridized carbons (Fsp3) is 0.556. The van der Waals surface area contributed by atoms with Crippen LogP contribution in [0.5, 0.6) is 0 Å². The Morgan fingerprint density at radius 1 is 1.15 bits per heavy atom. The van der Waals surface area contributed by atoms with Crippen molar-refractivity contribution in [3.05, 3.63) is 16.0 Å². The van der Waals surface area contributed by atoms with Crippen LogP contribution in [0.1, 0.15) is 60.3 Å². The van der Waals surface area contributed by atoms with Gasteiger partial charge in [-0.15, -0.1) is 11.3 Å². The molecule has 1 fully saturated rings. The van der Waals surface area contributed by atoms with Gasteiger partial charge in [-0.05, 0) is 51.0 Å². The van der Waals surface area contributed by atoms with Crippen molar-refractivity contribution in [2.45, 2.75) is 64.5 Å². The van der Waals surface area contributed by atoms with E-state index < -0.39 is 24.0 Å². The minimum Gasteiger partial charge on any atom is -0.449 e. The number of ether oxygens (including phenoxy) is 1. The first-order valence-corrected chi connectivity index (χ1v) is 9.91. The van der Waals surface area contributed by atoms with Gasteiger partial charge in [-0.3, -0.25) is 14.9 Å². The first-order chi connectivity index (χ1) is 12.8. The first-order valence-electron chi connectivity index (χ1n) is 9.09. The van der Waals surface area contributed by atoms with Crippen LogP contribution in [-0.4, -0.2) is 36.0 Å². The monoisotopic (exact) mass is 393 g/mol. The Morgan fingerprint density at radius 3 is 2.52 bits per heavy atom. The summed E-state index contributed by atoms with van der Waals surface area (Å²) in [7, 11) is 0. The lowest BCUT2D eigenvalue weighted by molar-refractivity contribution is -0.128. The van der Waals surface area contributed by atoms with Crippen LogP contribution in [0.2, 0.25) is 0 Å². The van der Waals surface area contributed by atoms with Crippen molar-refractivity contribution in [1.82, 2.24) is 10.6 Å². The summed E-state index contributed by atoms with van der Waals surface area (Å²) in [4.78, 5) is 49.0. The molecule has 1 aromatic heterocycles. The number of anilines is 1. The number of thiophene rings is 1. The van der Waals surface area contributed by atoms with Gasteiger partial charge in [-0.1, -0.05) is 0 Å². The molecular weight excluding hydrogens is 370 g/mol. The second-order valence-corrected chi connectivity index (χ2v) is 7.99. The molecule has 0 spiro atoms. The Balaban J connectivity index is 1.68. The summed E-state index contributed by atoms with van der Waals surface area (Å²) in [6.07, 6.45) is 4.27. The van der Waals surface area contributed by atoms with Gasteiger partial charge in [-0.25, -0.2) is 9.59 Å². The second kappa shape index (κ2) is 8.08. The molecule has 0 aliphatic heterocycles. The summed E-state index contributed by atoms with van der Waals surface area (Å²) < 4.78 is 5.29. The van der Waals surface area contributed by atoms with Gasteiger partial charge < -0.3 is 15.4 Å². The summed E-state index contributed by atoms with van der Waals surface area (Å²) >= 11 is 1.38. The largest absolute Gasteiger partial charge is 0.449 e. The van der Waals surface area contributed by atoms with Gasteiger partial charge in [0.1, 0.15) is 5.00 Å². The number of fused-ring (bicyclic) bond motifs is 1. The van der Waals surface area contributed by atoms with E-state index >= 15 is 0 Å². The molecule has 8 nitrogen and oxygen atoms in total. The zero-order valence-electron chi connectivity index (χ0n) is 15.3. The second-order valence-electron chi connectivity index (χ2n) is 6.88. The van der Waals surface area contributed by atoms with Crippen molar-refractivity contribution >= 4 is 40.2 Å². The molecule has 0 aromatic carbocycles. The Bertz CT molecular complexity index is 784. The third kappa shape index (κ3) is 4.85. The molecule has 4 amide bonds. The average Bonchev–Trinajstić information content (AvgIpc) is 3.32. The lowest BCUT2D eigenvalue weighted by Crippen LogP contribution is -2.45. The highest BCUT2D eigenvalue weighted by Crippen LogP contribution is 2.38. The predicted octanol–water partition coefficient (Wildman–Crippen LogP) is 2.12. The number of hydrogen-bond donors (Lipinski definition) is 3. The molecule has 2 aliphatic rings. The van der Waals surface area contributed by atoms with Crippen LogP contribution in [0, 0.1) is 0 Å². The lowest BCUT2D eigenvalue weighted by atomic mass is 9.95. The molecule has 1 atom stereocenters. The third-order valence-corrected chi connectivity index (χ3v) is 5.67. The number of imide groups is 1. The molecule has 1 saturated carbocycles. The standard InChI is InChI=1S/C18H23N3O5S/c1-9(15(23)21-18(25)20-11-7-8-11)26-17(24)14-12-5-3-4-6-13(12)27-16(14)19-10(2)22/h9,11H,3-8H2,1-2H3,(H,19,22)(H2,20,21,23,25). The molecule has 1 unspecified atom stereocenters. The van der Waals surface area contributed by atoms with Crippen LogP contribution < -0.4 is 16.0 Å². The summed E-state index contributed by atoms with van der Waals surface area (Å²) in [5.74, 6) is -1.62. The van der Waals surface area contributed by atoms with Crippen LogP contribution in [0.15, 0.2) is 0 Å². The summed E-state index contributed by atoms with van der Waals surface area (Å²) in [6, 6.07) is -0.467. The highest BCUT2D eigenvalue weighted by Gasteiger charge is 2.30. The number of nitrogens with one attached hydrogen (secondary N) is 3. The molecule has 27 heavy (non-hydrogen) atoms. The number of hydrogen-bond acceptors (Lipinski definition) is 6. The summed E-state index contributed by atoms with van der Waals surface area (Å²) in [6.45, 7) is 2.79. The van der Waals surface area contributed by atoms with Crippen molar-refractivity contribution in [2.75, 3.05) is 5.32 Å². The number of esters is 1. The van der Waals surface area contributed by atoms with Crippen LogP contribution in [0.3, 0.4) is 0 Å². The average molecular weight is 393 g/mol. The highest BCUT2D eigenvalue weighted by molar-refractivity contribution is 7.17. The van der Waals surface area contributed by atoms with Crippen LogP contribution in [-0.2, 0) is 27.2 Å². The Labute approximate surface area is 161 Å². The van der Waals surface area contributed by atoms with Gasteiger partial charge >= 0.3 is 12.0 Å². The molecule has 2 aliphatic carbocycles. The number of aryl methyl sites for hydroxylation is 1. The number of amides is 4.